The minimum Gasteiger partial charge on any atom is -0.462 e. The van der Waals surface area contributed by atoms with Gasteiger partial charge in [0.05, 0.1) is 28.9 Å². The second kappa shape index (κ2) is 8.85. The van der Waals surface area contributed by atoms with E-state index in [1.165, 1.54) is 6.07 Å². The molecule has 0 fully saturated rings. The Morgan fingerprint density at radius 3 is 2.46 bits per heavy atom. The van der Waals surface area contributed by atoms with Crippen LogP contribution in [0.5, 0.6) is 0 Å². The molecule has 132 valence electrons. The van der Waals surface area contributed by atoms with Gasteiger partial charge in [0.25, 0.3) is 5.69 Å². The molecule has 0 radical (unpaired) electrons. The molecule has 0 heterocycles. The average molecular weight is 338 g/mol. The fraction of sp³-hybridized carbons (Fsp3) is 0.500. The number of nitrogens with zero attached hydrogens (tertiary/aromatic N) is 1. The normalized spacial score (nSPS) is 10.4. The van der Waals surface area contributed by atoms with Crippen molar-refractivity contribution in [2.24, 2.45) is 0 Å². The van der Waals surface area contributed by atoms with E-state index in [9.17, 15) is 19.7 Å². The Bertz CT molecular complexity index is 627. The first-order chi connectivity index (χ1) is 11.3. The molecular weight excluding hydrogens is 316 g/mol. The average Bonchev–Trinajstić information content (AvgIpc) is 2.46. The number of benzene rings is 1. The fourth-order valence-electron chi connectivity index (χ4n) is 2.15. The molecule has 1 aromatic carbocycles. The van der Waals surface area contributed by atoms with Crippen LogP contribution in [-0.2, 0) is 15.9 Å². The number of hydrogen-bond acceptors (Lipinski definition) is 6. The monoisotopic (exact) mass is 338 g/mol. The number of carbonyl (C=O) groups excluding carboxylic acids is 2. The maximum Gasteiger partial charge on any atom is 0.411 e. The number of aryl methyl sites for hydroxylation is 1. The Hall–Kier alpha value is -2.64. The highest BCUT2D eigenvalue weighted by atomic mass is 16.6. The molecule has 1 aromatic rings. The Morgan fingerprint density at radius 1 is 1.29 bits per heavy atom. The minimum absolute atomic E-state index is 0.0109. The summed E-state index contributed by atoms with van der Waals surface area (Å²) in [5, 5.41) is 13.5. The molecule has 24 heavy (non-hydrogen) atoms. The molecule has 0 spiro atoms. The number of hydrogen-bond donors (Lipinski definition) is 1. The zero-order chi connectivity index (χ0) is 18.3. The van der Waals surface area contributed by atoms with Crippen molar-refractivity contribution >= 4 is 23.4 Å². The molecule has 0 aliphatic carbocycles. The Balaban J connectivity index is 3.40. The van der Waals surface area contributed by atoms with Crippen LogP contribution in [-0.4, -0.2) is 29.7 Å². The maximum atomic E-state index is 12.3. The zero-order valence-corrected chi connectivity index (χ0v) is 14.3. The van der Waals surface area contributed by atoms with Crippen LogP contribution in [0.1, 0.15) is 50.0 Å². The highest BCUT2D eigenvalue weighted by molar-refractivity contribution is 6.01. The van der Waals surface area contributed by atoms with E-state index in [4.69, 9.17) is 9.47 Å². The third kappa shape index (κ3) is 5.22. The van der Waals surface area contributed by atoms with Crippen LogP contribution in [0.4, 0.5) is 16.2 Å². The number of nitrogens with one attached hydrogen (secondary N) is 1. The molecule has 0 bridgehead atoms. The Kier molecular flexibility index (Phi) is 7.16. The van der Waals surface area contributed by atoms with Gasteiger partial charge in [0, 0.05) is 12.1 Å². The Morgan fingerprint density at radius 2 is 1.96 bits per heavy atom. The van der Waals surface area contributed by atoms with E-state index in [2.05, 4.69) is 5.32 Å². The van der Waals surface area contributed by atoms with Crippen LogP contribution in [0.2, 0.25) is 0 Å². The summed E-state index contributed by atoms with van der Waals surface area (Å²) in [5.41, 5.74) is 0.359. The summed E-state index contributed by atoms with van der Waals surface area (Å²) in [5.74, 6) is -0.643. The summed E-state index contributed by atoms with van der Waals surface area (Å²) in [7, 11) is 0. The van der Waals surface area contributed by atoms with Gasteiger partial charge in [-0.05, 0) is 32.8 Å². The molecule has 1 N–H and O–H groups in total. The molecule has 0 aliphatic rings. The number of esters is 1. The summed E-state index contributed by atoms with van der Waals surface area (Å²) in [6.07, 6.45) is -0.0592. The highest BCUT2D eigenvalue weighted by Gasteiger charge is 2.24. The van der Waals surface area contributed by atoms with E-state index in [0.29, 0.717) is 18.4 Å². The topological polar surface area (TPSA) is 108 Å². The van der Waals surface area contributed by atoms with Gasteiger partial charge >= 0.3 is 12.1 Å². The van der Waals surface area contributed by atoms with Gasteiger partial charge < -0.3 is 9.47 Å². The number of nitro groups is 1. The van der Waals surface area contributed by atoms with E-state index in [1.54, 1.807) is 20.8 Å². The van der Waals surface area contributed by atoms with Gasteiger partial charge in [-0.25, -0.2) is 9.59 Å². The van der Waals surface area contributed by atoms with Crippen molar-refractivity contribution in [1.29, 1.82) is 0 Å². The number of amides is 1. The lowest BCUT2D eigenvalue weighted by Gasteiger charge is -2.15. The fourth-order valence-corrected chi connectivity index (χ4v) is 2.15. The van der Waals surface area contributed by atoms with Gasteiger partial charge in [-0.3, -0.25) is 15.4 Å². The molecule has 1 amide bonds. The third-order valence-electron chi connectivity index (χ3n) is 2.99. The number of ether oxygens (including phenoxy) is 2. The predicted molar refractivity (Wildman–Crippen MR) is 88.3 cm³/mol. The van der Waals surface area contributed by atoms with Crippen molar-refractivity contribution < 1.29 is 24.0 Å². The highest BCUT2D eigenvalue weighted by Crippen LogP contribution is 2.29. The van der Waals surface area contributed by atoms with Crippen LogP contribution in [0.3, 0.4) is 0 Å². The van der Waals surface area contributed by atoms with Crippen LogP contribution in [0.25, 0.3) is 0 Å². The lowest BCUT2D eigenvalue weighted by atomic mass is 10.00. The molecule has 0 saturated carbocycles. The Labute approximate surface area is 140 Å². The van der Waals surface area contributed by atoms with Gasteiger partial charge in [-0.15, -0.1) is 0 Å². The van der Waals surface area contributed by atoms with Crippen molar-refractivity contribution in [3.05, 3.63) is 33.4 Å². The smallest absolute Gasteiger partial charge is 0.411 e. The molecule has 0 saturated heterocycles. The second-order valence-electron chi connectivity index (χ2n) is 5.33. The largest absolute Gasteiger partial charge is 0.462 e. The van der Waals surface area contributed by atoms with Gasteiger partial charge in [0.15, 0.2) is 0 Å². The lowest BCUT2D eigenvalue weighted by Crippen LogP contribution is -2.21. The van der Waals surface area contributed by atoms with Gasteiger partial charge in [-0.1, -0.05) is 13.3 Å². The summed E-state index contributed by atoms with van der Waals surface area (Å²) in [6, 6.07) is 2.46. The third-order valence-corrected chi connectivity index (χ3v) is 2.99. The standard InChI is InChI=1S/C16H22N2O6/c1-5-7-11-8-12(18(21)22)9-13(14(11)15(19)23-6-2)17-16(20)24-10(3)4/h8-10H,5-7H2,1-4H3,(H,17,20). The van der Waals surface area contributed by atoms with Gasteiger partial charge in [0.2, 0.25) is 0 Å². The lowest BCUT2D eigenvalue weighted by molar-refractivity contribution is -0.384. The molecule has 0 unspecified atom stereocenters. The molecule has 0 aliphatic heterocycles. The number of carbonyl (C=O) groups is 2. The van der Waals surface area contributed by atoms with Crippen molar-refractivity contribution in [2.75, 3.05) is 11.9 Å². The molecule has 8 heteroatoms. The van der Waals surface area contributed by atoms with Crippen LogP contribution in [0, 0.1) is 10.1 Å². The number of rotatable bonds is 7. The number of nitro benzene ring substituents is 1. The SMILES string of the molecule is CCCc1cc([N+](=O)[O-])cc(NC(=O)OC(C)C)c1C(=O)OCC. The first-order valence-corrected chi connectivity index (χ1v) is 7.76. The maximum absolute atomic E-state index is 12.3. The summed E-state index contributed by atoms with van der Waals surface area (Å²) < 4.78 is 9.99. The molecule has 0 aromatic heterocycles. The predicted octanol–water partition coefficient (Wildman–Crippen LogP) is 3.68. The summed E-state index contributed by atoms with van der Waals surface area (Å²) in [6.45, 7) is 7.03. The van der Waals surface area contributed by atoms with E-state index in [1.807, 2.05) is 6.92 Å². The molecule has 1 rings (SSSR count). The molecule has 8 nitrogen and oxygen atoms in total. The van der Waals surface area contributed by atoms with Crippen LogP contribution >= 0.6 is 0 Å². The van der Waals surface area contributed by atoms with E-state index in [-0.39, 0.29) is 29.6 Å². The molecule has 0 atom stereocenters. The van der Waals surface area contributed by atoms with Crippen molar-refractivity contribution in [2.45, 2.75) is 46.6 Å². The number of non-ortho nitro benzene ring substituents is 1. The van der Waals surface area contributed by atoms with E-state index >= 15 is 0 Å². The summed E-state index contributed by atoms with van der Waals surface area (Å²) in [4.78, 5) is 34.7. The van der Waals surface area contributed by atoms with Crippen LogP contribution < -0.4 is 5.32 Å². The van der Waals surface area contributed by atoms with E-state index < -0.39 is 17.0 Å². The first-order valence-electron chi connectivity index (χ1n) is 7.76. The van der Waals surface area contributed by atoms with Crippen molar-refractivity contribution in [3.8, 4) is 0 Å². The van der Waals surface area contributed by atoms with Crippen molar-refractivity contribution in [3.63, 3.8) is 0 Å². The minimum atomic E-state index is -0.793. The summed E-state index contributed by atoms with van der Waals surface area (Å²) >= 11 is 0. The molecular formula is C16H22N2O6. The zero-order valence-electron chi connectivity index (χ0n) is 14.3. The first kappa shape index (κ1) is 19.4. The van der Waals surface area contributed by atoms with Gasteiger partial charge in [-0.2, -0.15) is 0 Å². The number of anilines is 1. The van der Waals surface area contributed by atoms with Gasteiger partial charge in [0.1, 0.15) is 0 Å². The quantitative estimate of drug-likeness (QED) is 0.461. The second-order valence-corrected chi connectivity index (χ2v) is 5.33. The van der Waals surface area contributed by atoms with Crippen molar-refractivity contribution in [1.82, 2.24) is 0 Å². The van der Waals surface area contributed by atoms with E-state index in [0.717, 1.165) is 6.07 Å². The van der Waals surface area contributed by atoms with Crippen LogP contribution in [0.15, 0.2) is 12.1 Å².